The van der Waals surface area contributed by atoms with Crippen molar-refractivity contribution in [2.24, 2.45) is 5.92 Å². The number of sulfone groups is 2. The number of sulfonamides is 1. The lowest BCUT2D eigenvalue weighted by Gasteiger charge is -2.13. The third kappa shape index (κ3) is 6.48. The summed E-state index contributed by atoms with van der Waals surface area (Å²) in [6.07, 6.45) is 0.511. The van der Waals surface area contributed by atoms with E-state index in [1.807, 2.05) is 0 Å². The van der Waals surface area contributed by atoms with Crippen molar-refractivity contribution < 1.29 is 34.8 Å². The molecule has 2 fully saturated rings. The van der Waals surface area contributed by atoms with Gasteiger partial charge in [0.25, 0.3) is 5.91 Å². The predicted octanol–water partition coefficient (Wildman–Crippen LogP) is -1.26. The van der Waals surface area contributed by atoms with E-state index in [2.05, 4.69) is 15.6 Å². The van der Waals surface area contributed by atoms with Crippen molar-refractivity contribution in [3.8, 4) is 0 Å². The maximum absolute atomic E-state index is 12.5. The molecule has 0 radical (unpaired) electrons. The lowest BCUT2D eigenvalue weighted by Crippen LogP contribution is -2.42. The Morgan fingerprint density at radius 2 is 1.65 bits per heavy atom. The normalized spacial score (nSPS) is 24.5. The molecule has 0 spiro atoms. The first-order valence-electron chi connectivity index (χ1n) is 9.48. The molecule has 0 saturated carbocycles. The number of carbonyl (C=O) groups is 2. The van der Waals surface area contributed by atoms with Gasteiger partial charge in [0.15, 0.2) is 19.7 Å². The summed E-state index contributed by atoms with van der Waals surface area (Å²) in [5.74, 6) is -2.00. The van der Waals surface area contributed by atoms with E-state index in [9.17, 15) is 34.8 Å². The molecule has 3 N–H and O–H groups in total. The maximum Gasteiger partial charge on any atom is 0.269 e. The molecule has 0 aliphatic carbocycles. The zero-order chi connectivity index (χ0) is 22.9. The van der Waals surface area contributed by atoms with Crippen molar-refractivity contribution in [1.29, 1.82) is 0 Å². The summed E-state index contributed by atoms with van der Waals surface area (Å²) in [7, 11) is -10.4. The highest BCUT2D eigenvalue weighted by Crippen LogP contribution is 2.21. The molecule has 0 aromatic heterocycles. The maximum atomic E-state index is 12.5. The van der Waals surface area contributed by atoms with Crippen molar-refractivity contribution in [2.45, 2.75) is 30.2 Å². The summed E-state index contributed by atoms with van der Waals surface area (Å²) in [4.78, 5) is 24.0. The van der Waals surface area contributed by atoms with E-state index in [4.69, 9.17) is 0 Å². The largest absolute Gasteiger partial charge is 0.273 e. The first-order chi connectivity index (χ1) is 14.4. The van der Waals surface area contributed by atoms with E-state index in [0.29, 0.717) is 6.42 Å². The molecule has 1 aromatic carbocycles. The van der Waals surface area contributed by atoms with Gasteiger partial charge in [-0.1, -0.05) is 6.07 Å². The highest BCUT2D eigenvalue weighted by Gasteiger charge is 2.32. The second kappa shape index (κ2) is 8.84. The van der Waals surface area contributed by atoms with Crippen LogP contribution in [0.4, 0.5) is 0 Å². The molecule has 11 nitrogen and oxygen atoms in total. The zero-order valence-electron chi connectivity index (χ0n) is 16.4. The molecule has 3 rings (SSSR count). The van der Waals surface area contributed by atoms with Crippen LogP contribution in [-0.2, 0) is 34.5 Å². The first-order valence-corrected chi connectivity index (χ1v) is 14.6. The van der Waals surface area contributed by atoms with Crippen LogP contribution in [0, 0.1) is 5.92 Å². The van der Waals surface area contributed by atoms with Crippen molar-refractivity contribution in [1.82, 2.24) is 15.6 Å². The van der Waals surface area contributed by atoms with Gasteiger partial charge in [-0.15, -0.1) is 0 Å². The number of hydrazine groups is 1. The van der Waals surface area contributed by atoms with Gasteiger partial charge in [-0.2, -0.15) is 0 Å². The van der Waals surface area contributed by atoms with Crippen molar-refractivity contribution in [2.75, 3.05) is 23.0 Å². The zero-order valence-corrected chi connectivity index (χ0v) is 18.9. The number of amides is 2. The molecule has 2 unspecified atom stereocenters. The molecule has 14 heteroatoms. The Labute approximate surface area is 180 Å². The van der Waals surface area contributed by atoms with E-state index in [0.717, 1.165) is 6.07 Å². The predicted molar refractivity (Wildman–Crippen MR) is 111 cm³/mol. The van der Waals surface area contributed by atoms with Crippen LogP contribution in [0.5, 0.6) is 0 Å². The second-order valence-electron chi connectivity index (χ2n) is 7.72. The van der Waals surface area contributed by atoms with Gasteiger partial charge in [-0.3, -0.25) is 20.4 Å². The summed E-state index contributed by atoms with van der Waals surface area (Å²) < 4.78 is 73.3. The monoisotopic (exact) mass is 493 g/mol. The number of nitrogens with one attached hydrogen (secondary N) is 3. The average Bonchev–Trinajstić information content (AvgIpc) is 3.19. The number of rotatable bonds is 6. The molecule has 2 heterocycles. The molecule has 2 saturated heterocycles. The standard InChI is InChI=1S/C17H23N3O8S3/c21-16(8-12-4-6-29(23,24)10-12)18-19-17(22)13-2-1-3-15(9-13)31(27,28)20-14-5-7-30(25,26)11-14/h1-3,9,12,14,20H,4-8,10-11H2,(H,18,21)(H,19,22). The Morgan fingerprint density at radius 1 is 0.968 bits per heavy atom. The van der Waals surface area contributed by atoms with Crippen molar-refractivity contribution in [3.05, 3.63) is 29.8 Å². The average molecular weight is 494 g/mol. The summed E-state index contributed by atoms with van der Waals surface area (Å²) in [5.41, 5.74) is 4.33. The van der Waals surface area contributed by atoms with Crippen LogP contribution in [0.25, 0.3) is 0 Å². The molecular weight excluding hydrogens is 470 g/mol. The molecular formula is C17H23N3O8S3. The molecule has 2 atom stereocenters. The highest BCUT2D eigenvalue weighted by atomic mass is 32.2. The molecule has 31 heavy (non-hydrogen) atoms. The topological polar surface area (TPSA) is 173 Å². The van der Waals surface area contributed by atoms with E-state index in [1.54, 1.807) is 0 Å². The fourth-order valence-corrected chi connectivity index (χ4v) is 8.48. The van der Waals surface area contributed by atoms with Crippen molar-refractivity contribution in [3.63, 3.8) is 0 Å². The number of hydrogen-bond acceptors (Lipinski definition) is 8. The van der Waals surface area contributed by atoms with Crippen LogP contribution in [-0.4, -0.2) is 66.1 Å². The lowest BCUT2D eigenvalue weighted by atomic mass is 10.1. The van der Waals surface area contributed by atoms with Crippen LogP contribution in [0.1, 0.15) is 29.6 Å². The van der Waals surface area contributed by atoms with E-state index < -0.39 is 47.6 Å². The highest BCUT2D eigenvalue weighted by molar-refractivity contribution is 7.92. The molecule has 172 valence electrons. The Balaban J connectivity index is 1.57. The lowest BCUT2D eigenvalue weighted by molar-refractivity contribution is -0.122. The number of benzene rings is 1. The van der Waals surface area contributed by atoms with Crippen LogP contribution in [0.15, 0.2) is 29.2 Å². The van der Waals surface area contributed by atoms with E-state index in [1.165, 1.54) is 18.2 Å². The minimum absolute atomic E-state index is 0.0364. The summed E-state index contributed by atoms with van der Waals surface area (Å²) >= 11 is 0. The third-order valence-corrected chi connectivity index (χ3v) is 10.2. The SMILES string of the molecule is O=C(CC1CCS(=O)(=O)C1)NNC(=O)c1cccc(S(=O)(=O)NC2CCS(=O)(=O)C2)c1. The second-order valence-corrected chi connectivity index (χ2v) is 13.9. The molecule has 2 amide bonds. The fourth-order valence-electron chi connectivity index (χ4n) is 3.52. The molecule has 2 aliphatic heterocycles. The van der Waals surface area contributed by atoms with Gasteiger partial charge >= 0.3 is 0 Å². The molecule has 2 aliphatic rings. The molecule has 1 aromatic rings. The third-order valence-electron chi connectivity index (χ3n) is 5.08. The summed E-state index contributed by atoms with van der Waals surface area (Å²) in [6, 6.07) is 4.34. The number of hydrogen-bond donors (Lipinski definition) is 3. The quantitative estimate of drug-likeness (QED) is 0.412. The summed E-state index contributed by atoms with van der Waals surface area (Å²) in [6.45, 7) is 0. The van der Waals surface area contributed by atoms with Crippen LogP contribution < -0.4 is 15.6 Å². The Hall–Kier alpha value is -2.03. The Kier molecular flexibility index (Phi) is 6.74. The Morgan fingerprint density at radius 3 is 2.26 bits per heavy atom. The van der Waals surface area contributed by atoms with E-state index >= 15 is 0 Å². The van der Waals surface area contributed by atoms with Gasteiger partial charge in [-0.25, -0.2) is 30.0 Å². The van der Waals surface area contributed by atoms with Gasteiger partial charge < -0.3 is 0 Å². The minimum atomic E-state index is -4.05. The van der Waals surface area contributed by atoms with E-state index in [-0.39, 0.29) is 52.2 Å². The van der Waals surface area contributed by atoms with Gasteiger partial charge in [0.2, 0.25) is 15.9 Å². The van der Waals surface area contributed by atoms with Gasteiger partial charge in [0, 0.05) is 18.0 Å². The summed E-state index contributed by atoms with van der Waals surface area (Å²) in [5, 5.41) is 0. The Bertz CT molecular complexity index is 1190. The van der Waals surface area contributed by atoms with Crippen LogP contribution in [0.2, 0.25) is 0 Å². The molecule has 0 bridgehead atoms. The van der Waals surface area contributed by atoms with Gasteiger partial charge in [0.1, 0.15) is 0 Å². The van der Waals surface area contributed by atoms with Crippen molar-refractivity contribution >= 4 is 41.5 Å². The van der Waals surface area contributed by atoms with Crippen LogP contribution >= 0.6 is 0 Å². The smallest absolute Gasteiger partial charge is 0.269 e. The van der Waals surface area contributed by atoms with Crippen LogP contribution in [0.3, 0.4) is 0 Å². The van der Waals surface area contributed by atoms with Gasteiger partial charge in [0.05, 0.1) is 27.9 Å². The fraction of sp³-hybridized carbons (Fsp3) is 0.529. The number of carbonyl (C=O) groups excluding carboxylic acids is 2. The van der Waals surface area contributed by atoms with Gasteiger partial charge in [-0.05, 0) is 37.0 Å². The first kappa shape index (κ1) is 23.6. The minimum Gasteiger partial charge on any atom is -0.273 e.